The van der Waals surface area contributed by atoms with Gasteiger partial charge in [-0.15, -0.1) is 22.7 Å². The fourth-order valence-corrected chi connectivity index (χ4v) is 4.56. The highest BCUT2D eigenvalue weighted by Crippen LogP contribution is 2.32. The van der Waals surface area contributed by atoms with Gasteiger partial charge < -0.3 is 5.32 Å². The standard InChI is InChI=1S/C20H15ClN4O2S2/c1-12-5-6-13(8-18(12)25(26)27)17-11-28-19(24-17)14-3-2-4-15(7-14)22-9-16-10-23-20(21)29-16/h2-8,10-11,22H,9H2,1H3. The highest BCUT2D eigenvalue weighted by molar-refractivity contribution is 7.15. The third kappa shape index (κ3) is 4.45. The van der Waals surface area contributed by atoms with E-state index >= 15 is 0 Å². The summed E-state index contributed by atoms with van der Waals surface area (Å²) in [6, 6.07) is 13.2. The lowest BCUT2D eigenvalue weighted by atomic mass is 10.1. The van der Waals surface area contributed by atoms with Gasteiger partial charge in [0.05, 0.1) is 17.2 Å². The summed E-state index contributed by atoms with van der Waals surface area (Å²) >= 11 is 8.83. The van der Waals surface area contributed by atoms with Gasteiger partial charge in [-0.2, -0.15) is 0 Å². The first kappa shape index (κ1) is 19.5. The summed E-state index contributed by atoms with van der Waals surface area (Å²) in [6.45, 7) is 2.37. The second kappa shape index (κ2) is 8.28. The average Bonchev–Trinajstić information content (AvgIpc) is 3.36. The van der Waals surface area contributed by atoms with Crippen LogP contribution in [-0.2, 0) is 6.54 Å². The van der Waals surface area contributed by atoms with E-state index in [2.05, 4.69) is 15.3 Å². The molecule has 0 unspecified atom stereocenters. The summed E-state index contributed by atoms with van der Waals surface area (Å²) in [4.78, 5) is 20.6. The van der Waals surface area contributed by atoms with Crippen LogP contribution in [0.3, 0.4) is 0 Å². The number of aromatic nitrogens is 2. The van der Waals surface area contributed by atoms with E-state index in [1.165, 1.54) is 22.7 Å². The Kier molecular flexibility index (Phi) is 5.57. The first-order chi connectivity index (χ1) is 14.0. The zero-order valence-electron chi connectivity index (χ0n) is 15.3. The summed E-state index contributed by atoms with van der Waals surface area (Å²) in [6.07, 6.45) is 1.76. The minimum absolute atomic E-state index is 0.103. The van der Waals surface area contributed by atoms with E-state index in [-0.39, 0.29) is 10.6 Å². The molecule has 0 saturated heterocycles. The summed E-state index contributed by atoms with van der Waals surface area (Å²) in [5.41, 5.74) is 4.15. The Hall–Kier alpha value is -2.81. The second-order valence-corrected chi connectivity index (χ2v) is 8.87. The summed E-state index contributed by atoms with van der Waals surface area (Å²) in [7, 11) is 0. The van der Waals surface area contributed by atoms with Crippen LogP contribution in [0.15, 0.2) is 54.0 Å². The van der Waals surface area contributed by atoms with Crippen LogP contribution in [0, 0.1) is 17.0 Å². The van der Waals surface area contributed by atoms with Crippen LogP contribution in [0.2, 0.25) is 4.47 Å². The summed E-state index contributed by atoms with van der Waals surface area (Å²) in [5.74, 6) is 0. The predicted molar refractivity (Wildman–Crippen MR) is 119 cm³/mol. The molecule has 0 amide bonds. The molecule has 9 heteroatoms. The van der Waals surface area contributed by atoms with Gasteiger partial charge in [0.25, 0.3) is 5.69 Å². The average molecular weight is 443 g/mol. The minimum atomic E-state index is -0.364. The molecule has 0 bridgehead atoms. The summed E-state index contributed by atoms with van der Waals surface area (Å²) in [5, 5.41) is 17.3. The van der Waals surface area contributed by atoms with Gasteiger partial charge in [0.2, 0.25) is 0 Å². The van der Waals surface area contributed by atoms with Crippen LogP contribution in [0.5, 0.6) is 0 Å². The number of nitrogens with one attached hydrogen (secondary N) is 1. The van der Waals surface area contributed by atoms with Crippen molar-refractivity contribution in [3.05, 3.63) is 79.1 Å². The molecular weight excluding hydrogens is 428 g/mol. The lowest BCUT2D eigenvalue weighted by molar-refractivity contribution is -0.385. The number of anilines is 1. The van der Waals surface area contributed by atoms with Crippen molar-refractivity contribution >= 4 is 45.6 Å². The highest BCUT2D eigenvalue weighted by Gasteiger charge is 2.14. The van der Waals surface area contributed by atoms with Gasteiger partial charge in [-0.05, 0) is 19.1 Å². The molecule has 0 radical (unpaired) electrons. The number of rotatable bonds is 6. The van der Waals surface area contributed by atoms with Gasteiger partial charge >= 0.3 is 0 Å². The van der Waals surface area contributed by atoms with Gasteiger partial charge in [0.15, 0.2) is 4.47 Å². The Balaban J connectivity index is 1.55. The van der Waals surface area contributed by atoms with E-state index in [0.717, 1.165) is 32.4 Å². The number of nitro benzene ring substituents is 1. The number of halogens is 1. The lowest BCUT2D eigenvalue weighted by Gasteiger charge is -2.06. The Morgan fingerprint density at radius 1 is 1.21 bits per heavy atom. The van der Waals surface area contributed by atoms with E-state index in [1.54, 1.807) is 25.3 Å². The van der Waals surface area contributed by atoms with E-state index < -0.39 is 0 Å². The third-order valence-corrected chi connectivity index (χ3v) is 6.31. The van der Waals surface area contributed by atoms with Crippen molar-refractivity contribution in [2.45, 2.75) is 13.5 Å². The topological polar surface area (TPSA) is 81.0 Å². The quantitative estimate of drug-likeness (QED) is 0.275. The molecule has 2 heterocycles. The predicted octanol–water partition coefficient (Wildman–Crippen LogP) is 6.42. The molecule has 0 spiro atoms. The molecule has 2 aromatic heterocycles. The zero-order chi connectivity index (χ0) is 20.4. The Bertz CT molecular complexity index is 1190. The smallest absolute Gasteiger partial charge is 0.272 e. The van der Waals surface area contributed by atoms with Crippen LogP contribution in [0.25, 0.3) is 21.8 Å². The van der Waals surface area contributed by atoms with Gasteiger partial charge in [0, 0.05) is 44.9 Å². The fourth-order valence-electron chi connectivity index (χ4n) is 2.82. The monoisotopic (exact) mass is 442 g/mol. The fraction of sp³-hybridized carbons (Fsp3) is 0.100. The molecule has 6 nitrogen and oxygen atoms in total. The van der Waals surface area contributed by atoms with Crippen molar-refractivity contribution in [3.8, 4) is 21.8 Å². The van der Waals surface area contributed by atoms with E-state index in [0.29, 0.717) is 16.6 Å². The maximum atomic E-state index is 11.2. The normalized spacial score (nSPS) is 10.8. The maximum Gasteiger partial charge on any atom is 0.272 e. The van der Waals surface area contributed by atoms with Gasteiger partial charge in [-0.1, -0.05) is 35.9 Å². The SMILES string of the molecule is Cc1ccc(-c2csc(-c3cccc(NCc4cnc(Cl)s4)c3)n2)cc1[N+](=O)[O-]. The van der Waals surface area contributed by atoms with E-state index in [9.17, 15) is 10.1 Å². The number of nitrogens with zero attached hydrogens (tertiary/aromatic N) is 3. The summed E-state index contributed by atoms with van der Waals surface area (Å²) < 4.78 is 0.530. The van der Waals surface area contributed by atoms with Crippen molar-refractivity contribution in [2.24, 2.45) is 0 Å². The number of hydrogen-bond acceptors (Lipinski definition) is 7. The molecule has 0 atom stereocenters. The van der Waals surface area contributed by atoms with Crippen molar-refractivity contribution < 1.29 is 4.92 Å². The largest absolute Gasteiger partial charge is 0.380 e. The van der Waals surface area contributed by atoms with Crippen molar-refractivity contribution in [2.75, 3.05) is 5.32 Å². The minimum Gasteiger partial charge on any atom is -0.380 e. The maximum absolute atomic E-state index is 11.2. The number of thiazole rings is 2. The molecule has 4 rings (SSSR count). The Morgan fingerprint density at radius 3 is 2.83 bits per heavy atom. The second-order valence-electron chi connectivity index (χ2n) is 6.31. The van der Waals surface area contributed by atoms with Crippen LogP contribution < -0.4 is 5.32 Å². The Morgan fingerprint density at radius 2 is 2.07 bits per heavy atom. The number of hydrogen-bond donors (Lipinski definition) is 1. The first-order valence-electron chi connectivity index (χ1n) is 8.65. The molecule has 4 aromatic rings. The molecule has 0 aliphatic rings. The van der Waals surface area contributed by atoms with Gasteiger partial charge in [0.1, 0.15) is 5.01 Å². The molecule has 0 fully saturated rings. The number of nitro groups is 1. The molecule has 0 aliphatic carbocycles. The van der Waals surface area contributed by atoms with Crippen molar-refractivity contribution in [1.82, 2.24) is 9.97 Å². The number of benzene rings is 2. The van der Waals surface area contributed by atoms with Gasteiger partial charge in [-0.25, -0.2) is 9.97 Å². The number of aryl methyl sites for hydroxylation is 1. The van der Waals surface area contributed by atoms with E-state index in [4.69, 9.17) is 11.6 Å². The highest BCUT2D eigenvalue weighted by atomic mass is 35.5. The molecule has 0 aliphatic heterocycles. The third-order valence-electron chi connectivity index (χ3n) is 4.31. The molecule has 0 saturated carbocycles. The molecule has 2 aromatic carbocycles. The molecule has 29 heavy (non-hydrogen) atoms. The van der Waals surface area contributed by atoms with Gasteiger partial charge in [-0.3, -0.25) is 10.1 Å². The molecular formula is C20H15ClN4O2S2. The Labute approximate surface area is 180 Å². The van der Waals surface area contributed by atoms with Crippen LogP contribution >= 0.6 is 34.3 Å². The van der Waals surface area contributed by atoms with Crippen molar-refractivity contribution in [1.29, 1.82) is 0 Å². The zero-order valence-corrected chi connectivity index (χ0v) is 17.6. The molecule has 1 N–H and O–H groups in total. The van der Waals surface area contributed by atoms with E-state index in [1.807, 2.05) is 35.7 Å². The van der Waals surface area contributed by atoms with Crippen LogP contribution in [0.1, 0.15) is 10.4 Å². The molecule has 146 valence electrons. The first-order valence-corrected chi connectivity index (χ1v) is 10.7. The lowest BCUT2D eigenvalue weighted by Crippen LogP contribution is -1.97. The van der Waals surface area contributed by atoms with Crippen molar-refractivity contribution in [3.63, 3.8) is 0 Å². The van der Waals surface area contributed by atoms with Crippen LogP contribution in [-0.4, -0.2) is 14.9 Å². The van der Waals surface area contributed by atoms with Crippen LogP contribution in [0.4, 0.5) is 11.4 Å².